The summed E-state index contributed by atoms with van der Waals surface area (Å²) in [6, 6.07) is 9.15. The largest absolute Gasteiger partial charge is 0.364 e. The maximum absolute atomic E-state index is 5.76. The second-order valence-corrected chi connectivity index (χ2v) is 13.6. The fraction of sp³-hybridized carbons (Fsp3) is 0.571. The Kier molecular flexibility index (Phi) is 28.1. The zero-order valence-electron chi connectivity index (χ0n) is 30.2. The normalized spacial score (nSPS) is 14.9. The maximum atomic E-state index is 5.76. The van der Waals surface area contributed by atoms with E-state index in [0.717, 1.165) is 6.54 Å². The van der Waals surface area contributed by atoms with Gasteiger partial charge in [0.15, 0.2) is 0 Å². The molecule has 1 aromatic rings. The van der Waals surface area contributed by atoms with Gasteiger partial charge in [0, 0.05) is 22.7 Å². The van der Waals surface area contributed by atoms with E-state index in [-0.39, 0.29) is 5.25 Å². The molecule has 0 aromatic heterocycles. The van der Waals surface area contributed by atoms with Crippen LogP contribution in [0.2, 0.25) is 0 Å². The van der Waals surface area contributed by atoms with Crippen LogP contribution in [0.5, 0.6) is 0 Å². The van der Waals surface area contributed by atoms with E-state index in [1.807, 2.05) is 24.8 Å². The number of terminal acetylenes is 1. The van der Waals surface area contributed by atoms with E-state index in [9.17, 15) is 0 Å². The van der Waals surface area contributed by atoms with Gasteiger partial charge in [-0.15, -0.1) is 36.5 Å². The molecule has 1 nitrogen and oxygen atoms in total. The van der Waals surface area contributed by atoms with E-state index < -0.39 is 0 Å². The number of unbranched alkanes of at least 4 members (excludes halogenated alkanes) is 11. The molecule has 2 rings (SSSR count). The fourth-order valence-corrected chi connectivity index (χ4v) is 7.13. The lowest BCUT2D eigenvalue weighted by Crippen LogP contribution is -2.38. The van der Waals surface area contributed by atoms with Crippen LogP contribution < -0.4 is 4.90 Å². The summed E-state index contributed by atoms with van der Waals surface area (Å²) in [5.74, 6) is 2.96. The molecule has 1 heterocycles. The number of rotatable bonds is 20. The molecule has 0 bridgehead atoms. The first kappa shape index (κ1) is 43.0. The van der Waals surface area contributed by atoms with Gasteiger partial charge in [0.05, 0.1) is 11.3 Å². The van der Waals surface area contributed by atoms with Crippen molar-refractivity contribution in [3.8, 4) is 12.3 Å². The molecule has 0 amide bonds. The van der Waals surface area contributed by atoms with Gasteiger partial charge in [-0.2, -0.15) is 0 Å². The predicted molar refractivity (Wildman–Crippen MR) is 215 cm³/mol. The van der Waals surface area contributed by atoms with E-state index in [4.69, 9.17) is 6.42 Å². The number of allylic oxidation sites excluding steroid dienone is 4. The topological polar surface area (TPSA) is 3.24 Å². The highest BCUT2D eigenvalue weighted by atomic mass is 32.2. The molecule has 0 spiro atoms. The van der Waals surface area contributed by atoms with E-state index in [0.29, 0.717) is 6.04 Å². The number of hydrogen-bond donors (Lipinski definition) is 0. The lowest BCUT2D eigenvalue weighted by molar-refractivity contribution is 0.637. The number of nitrogens with zero attached hydrogens (tertiary/aromatic N) is 1. The van der Waals surface area contributed by atoms with Crippen LogP contribution in [0.4, 0.5) is 5.69 Å². The monoisotopic (exact) mass is 649 g/mol. The lowest BCUT2D eigenvalue weighted by atomic mass is 9.89. The second-order valence-electron chi connectivity index (χ2n) is 11.7. The third kappa shape index (κ3) is 18.0. The number of hydrogen-bond acceptors (Lipinski definition) is 3. The summed E-state index contributed by atoms with van der Waals surface area (Å²) >= 11 is 3.60. The molecule has 1 aromatic carbocycles. The number of benzene rings is 1. The Balaban J connectivity index is 0.000000812. The third-order valence-electron chi connectivity index (χ3n) is 8.02. The summed E-state index contributed by atoms with van der Waals surface area (Å²) in [4.78, 5) is 3.87. The van der Waals surface area contributed by atoms with Gasteiger partial charge < -0.3 is 4.90 Å². The van der Waals surface area contributed by atoms with Crippen molar-refractivity contribution in [3.63, 3.8) is 0 Å². The molecule has 45 heavy (non-hydrogen) atoms. The summed E-state index contributed by atoms with van der Waals surface area (Å²) in [6.07, 6.45) is 34.6. The van der Waals surface area contributed by atoms with Gasteiger partial charge in [0.2, 0.25) is 0 Å². The van der Waals surface area contributed by atoms with Gasteiger partial charge in [-0.05, 0) is 81.8 Å². The van der Waals surface area contributed by atoms with Crippen LogP contribution >= 0.6 is 23.5 Å². The highest BCUT2D eigenvalue weighted by molar-refractivity contribution is 8.07. The summed E-state index contributed by atoms with van der Waals surface area (Å²) in [7, 11) is 0. The minimum Gasteiger partial charge on any atom is -0.364 e. The van der Waals surface area contributed by atoms with Crippen LogP contribution in [-0.2, 0) is 0 Å². The minimum atomic E-state index is 0.187. The molecular formula is C42H67NS2. The molecule has 0 radical (unpaired) electrons. The van der Waals surface area contributed by atoms with Crippen LogP contribution in [0.15, 0.2) is 77.6 Å². The van der Waals surface area contributed by atoms with Crippen LogP contribution in [0, 0.1) is 12.3 Å². The van der Waals surface area contributed by atoms with E-state index in [1.54, 1.807) is 17.8 Å². The molecule has 0 N–H and O–H groups in total. The molecule has 1 aliphatic rings. The average molecular weight is 650 g/mol. The SMILES string of the molecule is C#CC(S/C=C\CCCCCCC)/C(=C/CCCCCCC)SC.C=CC.C=CC1=C(C)c2ccccc2N(CCCC)C1C. The van der Waals surface area contributed by atoms with Gasteiger partial charge in [-0.25, -0.2) is 0 Å². The van der Waals surface area contributed by atoms with Crippen molar-refractivity contribution in [1.29, 1.82) is 0 Å². The first-order valence-corrected chi connectivity index (χ1v) is 19.9. The molecule has 0 saturated heterocycles. The Morgan fingerprint density at radius 2 is 1.51 bits per heavy atom. The molecule has 1 aliphatic heterocycles. The van der Waals surface area contributed by atoms with Crippen molar-refractivity contribution in [2.24, 2.45) is 0 Å². The fourth-order valence-electron chi connectivity index (χ4n) is 5.40. The zero-order chi connectivity index (χ0) is 33.7. The van der Waals surface area contributed by atoms with Crippen molar-refractivity contribution in [2.45, 2.75) is 143 Å². The summed E-state index contributed by atoms with van der Waals surface area (Å²) < 4.78 is 0. The smallest absolute Gasteiger partial charge is 0.0999 e. The highest BCUT2D eigenvalue weighted by Gasteiger charge is 2.26. The first-order chi connectivity index (χ1) is 21.9. The van der Waals surface area contributed by atoms with Crippen LogP contribution in [0.25, 0.3) is 5.57 Å². The second kappa shape index (κ2) is 29.4. The highest BCUT2D eigenvalue weighted by Crippen LogP contribution is 2.38. The Morgan fingerprint density at radius 1 is 0.933 bits per heavy atom. The van der Waals surface area contributed by atoms with Gasteiger partial charge in [0.1, 0.15) is 0 Å². The van der Waals surface area contributed by atoms with E-state index in [1.165, 1.54) is 117 Å². The Bertz CT molecular complexity index is 1040. The molecule has 252 valence electrons. The molecule has 2 unspecified atom stereocenters. The molecule has 0 fully saturated rings. The lowest BCUT2D eigenvalue weighted by Gasteiger charge is -2.38. The van der Waals surface area contributed by atoms with Crippen LogP contribution in [-0.4, -0.2) is 24.1 Å². The predicted octanol–water partition coefficient (Wildman–Crippen LogP) is 14.0. The van der Waals surface area contributed by atoms with Gasteiger partial charge in [0.25, 0.3) is 0 Å². The van der Waals surface area contributed by atoms with Crippen molar-refractivity contribution in [1.82, 2.24) is 0 Å². The molecule has 2 atom stereocenters. The Hall–Kier alpha value is -2.02. The summed E-state index contributed by atoms with van der Waals surface area (Å²) in [5, 5.41) is 2.40. The Morgan fingerprint density at radius 3 is 2.07 bits per heavy atom. The number of fused-ring (bicyclic) bond motifs is 1. The third-order valence-corrected chi connectivity index (χ3v) is 10.1. The van der Waals surface area contributed by atoms with Gasteiger partial charge in [-0.1, -0.05) is 134 Å². The van der Waals surface area contributed by atoms with Crippen LogP contribution in [0.3, 0.4) is 0 Å². The summed E-state index contributed by atoms with van der Waals surface area (Å²) in [6.45, 7) is 21.6. The van der Waals surface area contributed by atoms with Gasteiger partial charge >= 0.3 is 0 Å². The average Bonchev–Trinajstić information content (AvgIpc) is 3.05. The van der Waals surface area contributed by atoms with Crippen LogP contribution in [0.1, 0.15) is 137 Å². The van der Waals surface area contributed by atoms with Crippen molar-refractivity contribution < 1.29 is 0 Å². The number of anilines is 1. The molecule has 0 saturated carbocycles. The molecule has 3 heteroatoms. The molecule has 0 aliphatic carbocycles. The Labute approximate surface area is 289 Å². The maximum Gasteiger partial charge on any atom is 0.0999 e. The quantitative estimate of drug-likeness (QED) is 0.0786. The number of para-hydroxylation sites is 1. The van der Waals surface area contributed by atoms with Gasteiger partial charge in [-0.3, -0.25) is 0 Å². The minimum absolute atomic E-state index is 0.187. The van der Waals surface area contributed by atoms with E-state index in [2.05, 4.69) is 107 Å². The standard InChI is InChI=1S/C22H38S2.C17H23N.C3H6/c1-5-8-10-12-14-16-18-20-24-21(7-3)22(23-4)19-17-15-13-11-9-6-2;1-5-7-12-18-14(4)15(6-2)13(3)16-10-8-9-11-17(16)18;1-3-2/h3,18-21H,5-6,8-17H2,1-2,4H3;6,8-11,14H,2,5,7,12H2,1,3-4H3;3H,1H2,2H3/b20-18-,22-19-;;. The molecular weight excluding hydrogens is 583 g/mol. The van der Waals surface area contributed by atoms with Crippen molar-refractivity contribution in [2.75, 3.05) is 17.7 Å². The van der Waals surface area contributed by atoms with Crippen molar-refractivity contribution in [3.05, 3.63) is 83.2 Å². The van der Waals surface area contributed by atoms with E-state index >= 15 is 0 Å². The zero-order valence-corrected chi connectivity index (χ0v) is 31.8. The summed E-state index contributed by atoms with van der Waals surface area (Å²) in [5.41, 5.74) is 5.48. The number of thioether (sulfide) groups is 2. The first-order valence-electron chi connectivity index (χ1n) is 17.7. The van der Waals surface area contributed by atoms with Crippen molar-refractivity contribution >= 4 is 34.8 Å².